The fourth-order valence-electron chi connectivity index (χ4n) is 3.14. The average molecular weight is 375 g/mol. The van der Waals surface area contributed by atoms with Crippen LogP contribution >= 0.6 is 11.9 Å². The number of nitrogens with one attached hydrogen (secondary N) is 2. The number of fused-ring (bicyclic) bond motifs is 2. The molecule has 0 aliphatic heterocycles. The quantitative estimate of drug-likeness (QED) is 0.530. The van der Waals surface area contributed by atoms with Crippen molar-refractivity contribution >= 4 is 34.1 Å². The van der Waals surface area contributed by atoms with Crippen molar-refractivity contribution in [3.8, 4) is 11.3 Å². The van der Waals surface area contributed by atoms with E-state index >= 15 is 0 Å². The van der Waals surface area contributed by atoms with Crippen LogP contribution in [0.2, 0.25) is 0 Å². The molecular formula is C21H17N3O2S. The molecule has 2 heterocycles. The van der Waals surface area contributed by atoms with Crippen molar-refractivity contribution in [2.75, 3.05) is 0 Å². The molecule has 2 N–H and O–H groups in total. The second kappa shape index (κ2) is 6.32. The Labute approximate surface area is 159 Å². The number of hydrogen-bond donors (Lipinski definition) is 2. The van der Waals surface area contributed by atoms with E-state index in [0.29, 0.717) is 22.0 Å². The third kappa shape index (κ3) is 3.13. The van der Waals surface area contributed by atoms with Crippen molar-refractivity contribution < 1.29 is 4.79 Å². The first kappa shape index (κ1) is 16.2. The van der Waals surface area contributed by atoms with Crippen molar-refractivity contribution in [2.45, 2.75) is 18.1 Å². The highest BCUT2D eigenvalue weighted by atomic mass is 32.2. The van der Waals surface area contributed by atoms with Gasteiger partial charge < -0.3 is 9.38 Å². The van der Waals surface area contributed by atoms with Crippen molar-refractivity contribution in [3.05, 3.63) is 76.8 Å². The summed E-state index contributed by atoms with van der Waals surface area (Å²) >= 11 is 1.47. The highest BCUT2D eigenvalue weighted by molar-refractivity contribution is 7.98. The number of benzene rings is 2. The van der Waals surface area contributed by atoms with Gasteiger partial charge in [-0.15, -0.1) is 0 Å². The number of hydrogen-bond acceptors (Lipinski definition) is 3. The van der Waals surface area contributed by atoms with Crippen LogP contribution in [0, 0.1) is 0 Å². The molecule has 1 amide bonds. The van der Waals surface area contributed by atoms with Gasteiger partial charge in [-0.2, -0.15) is 0 Å². The normalized spacial score (nSPS) is 13.9. The summed E-state index contributed by atoms with van der Waals surface area (Å²) in [5, 5.41) is 2.80. The van der Waals surface area contributed by atoms with Gasteiger partial charge in [-0.25, -0.2) is 0 Å². The molecule has 6 heteroatoms. The molecule has 5 rings (SSSR count). The number of nitrogens with zero attached hydrogens (tertiary/aromatic N) is 1. The van der Waals surface area contributed by atoms with E-state index < -0.39 is 0 Å². The van der Waals surface area contributed by atoms with Crippen LogP contribution in [-0.4, -0.2) is 20.5 Å². The molecule has 4 aromatic rings. The van der Waals surface area contributed by atoms with E-state index in [1.54, 1.807) is 16.7 Å². The molecule has 1 aliphatic rings. The predicted molar refractivity (Wildman–Crippen MR) is 109 cm³/mol. The van der Waals surface area contributed by atoms with E-state index in [-0.39, 0.29) is 11.5 Å². The molecule has 2 aromatic carbocycles. The maximum absolute atomic E-state index is 12.5. The smallest absolute Gasteiger partial charge is 0.272 e. The van der Waals surface area contributed by atoms with Gasteiger partial charge in [0.15, 0.2) is 0 Å². The summed E-state index contributed by atoms with van der Waals surface area (Å²) in [6, 6.07) is 15.8. The number of amides is 1. The summed E-state index contributed by atoms with van der Waals surface area (Å²) in [6.45, 7) is 0. The van der Waals surface area contributed by atoms with Crippen LogP contribution in [0.1, 0.15) is 23.2 Å². The third-order valence-electron chi connectivity index (χ3n) is 4.76. The Morgan fingerprint density at radius 2 is 1.89 bits per heavy atom. The van der Waals surface area contributed by atoms with Gasteiger partial charge in [0.2, 0.25) is 0 Å². The lowest BCUT2D eigenvalue weighted by Crippen LogP contribution is -2.15. The summed E-state index contributed by atoms with van der Waals surface area (Å²) in [7, 11) is 0. The fraction of sp³-hybridized carbons (Fsp3) is 0.143. The second-order valence-corrected chi connectivity index (χ2v) is 7.94. The van der Waals surface area contributed by atoms with Crippen LogP contribution in [0.3, 0.4) is 0 Å². The van der Waals surface area contributed by atoms with E-state index in [4.69, 9.17) is 0 Å². The largest absolute Gasteiger partial charge is 0.319 e. The molecule has 2 aromatic heterocycles. The van der Waals surface area contributed by atoms with Crippen molar-refractivity contribution in [2.24, 2.45) is 0 Å². The third-order valence-corrected chi connectivity index (χ3v) is 5.87. The maximum Gasteiger partial charge on any atom is 0.272 e. The van der Waals surface area contributed by atoms with Crippen LogP contribution in [0.25, 0.3) is 27.5 Å². The average Bonchev–Trinajstić information content (AvgIpc) is 3.42. The van der Waals surface area contributed by atoms with Crippen molar-refractivity contribution in [1.82, 2.24) is 14.1 Å². The molecule has 27 heavy (non-hydrogen) atoms. The Balaban J connectivity index is 1.53. The Bertz CT molecular complexity index is 1240. The summed E-state index contributed by atoms with van der Waals surface area (Å²) < 4.78 is 4.58. The topological polar surface area (TPSA) is 66.4 Å². The van der Waals surface area contributed by atoms with E-state index in [1.807, 2.05) is 36.5 Å². The number of aromatic nitrogens is 2. The summed E-state index contributed by atoms with van der Waals surface area (Å²) in [4.78, 5) is 27.8. The first-order valence-corrected chi connectivity index (χ1v) is 9.75. The molecule has 0 spiro atoms. The maximum atomic E-state index is 12.5. The zero-order valence-corrected chi connectivity index (χ0v) is 15.3. The van der Waals surface area contributed by atoms with Crippen LogP contribution < -0.4 is 10.3 Å². The molecule has 5 nitrogen and oxygen atoms in total. The lowest BCUT2D eigenvalue weighted by atomic mass is 10.1. The molecule has 1 aliphatic carbocycles. The number of carbonyl (C=O) groups is 1. The van der Waals surface area contributed by atoms with E-state index in [2.05, 4.69) is 21.8 Å². The molecule has 1 saturated carbocycles. The summed E-state index contributed by atoms with van der Waals surface area (Å²) in [6.07, 6.45) is 5.86. The Morgan fingerprint density at radius 3 is 2.70 bits per heavy atom. The second-order valence-electron chi connectivity index (χ2n) is 6.83. The zero-order chi connectivity index (χ0) is 18.4. The first-order chi connectivity index (χ1) is 13.2. The molecule has 0 unspecified atom stereocenters. The number of carbonyl (C=O) groups excluding carboxylic acids is 1. The lowest BCUT2D eigenvalue weighted by molar-refractivity contribution is 0.0984. The van der Waals surface area contributed by atoms with Crippen LogP contribution in [0.15, 0.2) is 65.7 Å². The monoisotopic (exact) mass is 375 g/mol. The van der Waals surface area contributed by atoms with Crippen molar-refractivity contribution in [1.29, 1.82) is 0 Å². The molecule has 0 atom stereocenters. The molecule has 0 radical (unpaired) electrons. The highest BCUT2D eigenvalue weighted by Crippen LogP contribution is 2.32. The summed E-state index contributed by atoms with van der Waals surface area (Å²) in [5.74, 6) is -0.165. The minimum Gasteiger partial charge on any atom is -0.319 e. The van der Waals surface area contributed by atoms with Gasteiger partial charge in [0.05, 0.1) is 11.3 Å². The van der Waals surface area contributed by atoms with E-state index in [1.165, 1.54) is 11.9 Å². The minimum absolute atomic E-state index is 0.165. The molecule has 0 saturated heterocycles. The zero-order valence-electron chi connectivity index (χ0n) is 14.4. The van der Waals surface area contributed by atoms with Gasteiger partial charge in [0.1, 0.15) is 5.52 Å². The highest BCUT2D eigenvalue weighted by Gasteiger charge is 2.23. The van der Waals surface area contributed by atoms with Gasteiger partial charge in [-0.3, -0.25) is 14.3 Å². The molecular weight excluding hydrogens is 358 g/mol. The Morgan fingerprint density at radius 1 is 1.07 bits per heavy atom. The van der Waals surface area contributed by atoms with Gasteiger partial charge >= 0.3 is 0 Å². The van der Waals surface area contributed by atoms with Crippen molar-refractivity contribution in [3.63, 3.8) is 0 Å². The van der Waals surface area contributed by atoms with Crippen LogP contribution in [0.4, 0.5) is 0 Å². The van der Waals surface area contributed by atoms with Gasteiger partial charge in [-0.1, -0.05) is 36.4 Å². The molecule has 134 valence electrons. The van der Waals surface area contributed by atoms with Gasteiger partial charge in [0.25, 0.3) is 11.5 Å². The lowest BCUT2D eigenvalue weighted by Gasteiger charge is -2.05. The number of aromatic amines is 1. The first-order valence-electron chi connectivity index (χ1n) is 8.87. The Hall–Kier alpha value is -2.99. The van der Waals surface area contributed by atoms with Gasteiger partial charge in [0, 0.05) is 23.2 Å². The SMILES string of the molecule is O=C(NSC1CC1)c1cc2c(=O)[nH]c(-c3ccc4ccccc4c3)cn2c1. The number of rotatable bonds is 4. The number of H-pyrrole nitrogens is 1. The summed E-state index contributed by atoms with van der Waals surface area (Å²) in [5.41, 5.74) is 2.38. The predicted octanol–water partition coefficient (Wildman–Crippen LogP) is 3.99. The Kier molecular flexibility index (Phi) is 3.79. The minimum atomic E-state index is -0.213. The van der Waals surface area contributed by atoms with Crippen LogP contribution in [-0.2, 0) is 0 Å². The standard InChI is InChI=1S/C21H17N3O2S/c25-20(23-27-17-7-8-17)16-10-19-21(26)22-18(12-24(19)11-16)15-6-5-13-3-1-2-4-14(13)9-15/h1-6,9-12,17H,7-8H2,(H,22,26)(H,23,25). The molecule has 0 bridgehead atoms. The molecule has 1 fully saturated rings. The van der Waals surface area contributed by atoms with E-state index in [9.17, 15) is 9.59 Å². The van der Waals surface area contributed by atoms with E-state index in [0.717, 1.165) is 29.2 Å². The fourth-order valence-corrected chi connectivity index (χ4v) is 3.90. The van der Waals surface area contributed by atoms with Crippen LogP contribution in [0.5, 0.6) is 0 Å². The van der Waals surface area contributed by atoms with Gasteiger partial charge in [-0.05, 0) is 47.7 Å².